The molecule has 0 radical (unpaired) electrons. The van der Waals surface area contributed by atoms with Gasteiger partial charge in [0.2, 0.25) is 5.60 Å². The van der Waals surface area contributed by atoms with Gasteiger partial charge in [-0.15, -0.1) is 0 Å². The van der Waals surface area contributed by atoms with Crippen LogP contribution in [0.25, 0.3) is 5.52 Å². The maximum absolute atomic E-state index is 12.0. The number of rotatable bonds is 5. The Balaban J connectivity index is 1.64. The number of nitrogens with two attached hydrogens (primary N) is 1. The van der Waals surface area contributed by atoms with Gasteiger partial charge in [-0.1, -0.05) is 13.8 Å². The van der Waals surface area contributed by atoms with Crippen molar-refractivity contribution in [2.24, 2.45) is 5.92 Å². The topological polar surface area (TPSA) is 143 Å². The van der Waals surface area contributed by atoms with E-state index in [-0.39, 0.29) is 19.1 Å². The van der Waals surface area contributed by atoms with Gasteiger partial charge in [0.1, 0.15) is 42.8 Å². The van der Waals surface area contributed by atoms with E-state index in [0.717, 1.165) is 0 Å². The molecule has 11 nitrogen and oxygen atoms in total. The molecule has 2 unspecified atom stereocenters. The van der Waals surface area contributed by atoms with Crippen LogP contribution < -0.4 is 5.73 Å². The Hall–Kier alpha value is -2.94. The lowest BCUT2D eigenvalue weighted by molar-refractivity contribution is -0.205. The first-order valence-corrected chi connectivity index (χ1v) is 9.98. The number of ether oxygens (including phenoxy) is 5. The van der Waals surface area contributed by atoms with Crippen molar-refractivity contribution in [3.63, 3.8) is 0 Å². The van der Waals surface area contributed by atoms with Crippen LogP contribution in [-0.4, -0.2) is 57.6 Å². The van der Waals surface area contributed by atoms with Gasteiger partial charge in [0.05, 0.1) is 12.3 Å². The third kappa shape index (κ3) is 3.78. The van der Waals surface area contributed by atoms with E-state index in [2.05, 4.69) is 16.2 Å². The minimum absolute atomic E-state index is 0.151. The highest BCUT2D eigenvalue weighted by Gasteiger charge is 2.65. The highest BCUT2D eigenvalue weighted by molar-refractivity contribution is 5.65. The summed E-state index contributed by atoms with van der Waals surface area (Å²) in [6.45, 7) is 7.14. The van der Waals surface area contributed by atoms with Gasteiger partial charge in [-0.25, -0.2) is 14.3 Å². The first-order valence-electron chi connectivity index (χ1n) is 9.98. The quantitative estimate of drug-likeness (QED) is 0.698. The standard InChI is InChI=1S/C20H25N5O6/c1-11(2)7-27-18(26)28-9-20(8-21)16-15(29-19(3,4)31-16)14(30-20)12-5-6-13-17(22)23-10-24-25(12)13/h5-6,10-11,14-16H,7,9H2,1-4H3,(H2,22,23,24)/t14-,15?,16?,20+/m0/s1. The van der Waals surface area contributed by atoms with E-state index in [9.17, 15) is 10.1 Å². The average molecular weight is 431 g/mol. The predicted molar refractivity (Wildman–Crippen MR) is 106 cm³/mol. The molecule has 4 atom stereocenters. The van der Waals surface area contributed by atoms with Gasteiger partial charge in [0.15, 0.2) is 11.6 Å². The van der Waals surface area contributed by atoms with Crippen LogP contribution in [0, 0.1) is 17.2 Å². The fraction of sp³-hybridized carbons (Fsp3) is 0.600. The minimum atomic E-state index is -1.59. The maximum atomic E-state index is 12.0. The van der Waals surface area contributed by atoms with Gasteiger partial charge in [0, 0.05) is 0 Å². The largest absolute Gasteiger partial charge is 0.508 e. The summed E-state index contributed by atoms with van der Waals surface area (Å²) in [7, 11) is 0. The Morgan fingerprint density at radius 3 is 2.81 bits per heavy atom. The van der Waals surface area contributed by atoms with Crippen molar-refractivity contribution in [3.05, 3.63) is 24.2 Å². The molecule has 2 aliphatic rings. The second-order valence-corrected chi connectivity index (χ2v) is 8.50. The van der Waals surface area contributed by atoms with Crippen molar-refractivity contribution in [1.29, 1.82) is 5.26 Å². The molecule has 0 saturated carbocycles. The second-order valence-electron chi connectivity index (χ2n) is 8.50. The number of nitrogens with zero attached hydrogens (tertiary/aromatic N) is 4. The van der Waals surface area contributed by atoms with Gasteiger partial charge in [-0.05, 0) is 31.9 Å². The number of aromatic nitrogens is 3. The summed E-state index contributed by atoms with van der Waals surface area (Å²) in [5, 5.41) is 14.3. The number of hydrogen-bond acceptors (Lipinski definition) is 10. The van der Waals surface area contributed by atoms with Crippen LogP contribution in [0.4, 0.5) is 10.6 Å². The van der Waals surface area contributed by atoms with Gasteiger partial charge in [0.25, 0.3) is 0 Å². The summed E-state index contributed by atoms with van der Waals surface area (Å²) < 4.78 is 30.1. The van der Waals surface area contributed by atoms with Crippen LogP contribution in [0.3, 0.4) is 0 Å². The van der Waals surface area contributed by atoms with E-state index in [4.69, 9.17) is 29.4 Å². The number of anilines is 1. The highest BCUT2D eigenvalue weighted by atomic mass is 16.8. The Labute approximate surface area is 179 Å². The summed E-state index contributed by atoms with van der Waals surface area (Å²) in [5.41, 5.74) is 5.55. The molecule has 0 aliphatic carbocycles. The fourth-order valence-electron chi connectivity index (χ4n) is 3.83. The van der Waals surface area contributed by atoms with Crippen LogP contribution in [-0.2, 0) is 23.7 Å². The van der Waals surface area contributed by atoms with Gasteiger partial charge in [-0.2, -0.15) is 10.4 Å². The molecular formula is C20H25N5O6. The van der Waals surface area contributed by atoms with Gasteiger partial charge >= 0.3 is 6.16 Å². The van der Waals surface area contributed by atoms with Crippen molar-refractivity contribution >= 4 is 17.5 Å². The molecule has 0 spiro atoms. The Morgan fingerprint density at radius 2 is 2.10 bits per heavy atom. The number of nitriles is 1. The van der Waals surface area contributed by atoms with Crippen molar-refractivity contribution in [1.82, 2.24) is 14.6 Å². The summed E-state index contributed by atoms with van der Waals surface area (Å²) in [4.78, 5) is 16.0. The first kappa shape index (κ1) is 21.3. The lowest BCUT2D eigenvalue weighted by atomic mass is 9.96. The molecule has 11 heteroatoms. The zero-order valence-corrected chi connectivity index (χ0v) is 17.8. The Morgan fingerprint density at radius 1 is 1.32 bits per heavy atom. The molecular weight excluding hydrogens is 406 g/mol. The van der Waals surface area contributed by atoms with Crippen molar-refractivity contribution in [3.8, 4) is 6.07 Å². The monoisotopic (exact) mass is 431 g/mol. The number of carbonyl (C=O) groups excluding carboxylic acids is 1. The van der Waals surface area contributed by atoms with E-state index in [1.165, 1.54) is 6.33 Å². The molecule has 2 saturated heterocycles. The van der Waals surface area contributed by atoms with Gasteiger partial charge < -0.3 is 29.4 Å². The smallest absolute Gasteiger partial charge is 0.434 e. The average Bonchev–Trinajstić information content (AvgIpc) is 3.36. The third-order valence-electron chi connectivity index (χ3n) is 5.16. The molecule has 2 fully saturated rings. The zero-order chi connectivity index (χ0) is 22.4. The van der Waals surface area contributed by atoms with Crippen LogP contribution in [0.5, 0.6) is 0 Å². The fourth-order valence-corrected chi connectivity index (χ4v) is 3.83. The molecule has 4 heterocycles. The molecule has 2 aromatic heterocycles. The number of hydrogen-bond donors (Lipinski definition) is 1. The summed E-state index contributed by atoms with van der Waals surface area (Å²) >= 11 is 0. The zero-order valence-electron chi connectivity index (χ0n) is 17.8. The molecule has 0 aromatic carbocycles. The van der Waals surface area contributed by atoms with E-state index in [1.807, 2.05) is 13.8 Å². The van der Waals surface area contributed by atoms with Crippen LogP contribution >= 0.6 is 0 Å². The summed E-state index contributed by atoms with van der Waals surface area (Å²) in [5.74, 6) is -0.500. The van der Waals surface area contributed by atoms with Gasteiger partial charge in [-0.3, -0.25) is 0 Å². The molecule has 166 valence electrons. The molecule has 31 heavy (non-hydrogen) atoms. The molecule has 0 bridgehead atoms. The minimum Gasteiger partial charge on any atom is -0.434 e. The van der Waals surface area contributed by atoms with E-state index >= 15 is 0 Å². The Kier molecular flexibility index (Phi) is 5.25. The molecule has 2 aromatic rings. The SMILES string of the molecule is CC(C)COC(=O)OC[C@@]1(C#N)O[C@@H](c2ccc3c(N)ncnn23)C2OC(C)(C)OC21. The summed E-state index contributed by atoms with van der Waals surface area (Å²) in [6, 6.07) is 5.67. The molecule has 4 rings (SSSR count). The lowest BCUT2D eigenvalue weighted by Gasteiger charge is -2.28. The molecule has 2 N–H and O–H groups in total. The molecule has 2 aliphatic heterocycles. The van der Waals surface area contributed by atoms with E-state index in [1.54, 1.807) is 30.5 Å². The van der Waals surface area contributed by atoms with Crippen LogP contribution in [0.1, 0.15) is 39.5 Å². The van der Waals surface area contributed by atoms with Crippen LogP contribution in [0.15, 0.2) is 18.5 Å². The highest BCUT2D eigenvalue weighted by Crippen LogP contribution is 2.50. The summed E-state index contributed by atoms with van der Waals surface area (Å²) in [6.07, 6.45) is -1.71. The normalized spacial score (nSPS) is 29.1. The maximum Gasteiger partial charge on any atom is 0.508 e. The van der Waals surface area contributed by atoms with Crippen molar-refractivity contribution in [2.45, 2.75) is 57.4 Å². The third-order valence-corrected chi connectivity index (χ3v) is 5.16. The number of fused-ring (bicyclic) bond motifs is 2. The van der Waals surface area contributed by atoms with E-state index < -0.39 is 35.9 Å². The second kappa shape index (κ2) is 7.64. The number of nitrogen functional groups attached to an aromatic ring is 1. The van der Waals surface area contributed by atoms with Crippen molar-refractivity contribution < 1.29 is 28.5 Å². The Bertz CT molecular complexity index is 1030. The first-order chi connectivity index (χ1) is 14.7. The van der Waals surface area contributed by atoms with E-state index in [0.29, 0.717) is 17.0 Å². The predicted octanol–water partition coefficient (Wildman–Crippen LogP) is 1.97. The lowest BCUT2D eigenvalue weighted by Crippen LogP contribution is -2.46. The van der Waals surface area contributed by atoms with Crippen molar-refractivity contribution in [2.75, 3.05) is 18.9 Å². The molecule has 0 amide bonds. The van der Waals surface area contributed by atoms with Crippen LogP contribution in [0.2, 0.25) is 0 Å². The number of carbonyl (C=O) groups is 1.